The average molecular weight is 222 g/mol. The zero-order valence-electron chi connectivity index (χ0n) is 9.95. The number of nitrogens with zero attached hydrogens (tertiary/aromatic N) is 1. The van der Waals surface area contributed by atoms with Crippen LogP contribution >= 0.6 is 0 Å². The van der Waals surface area contributed by atoms with Crippen molar-refractivity contribution >= 4 is 6.03 Å². The summed E-state index contributed by atoms with van der Waals surface area (Å²) < 4.78 is 0. The Balaban J connectivity index is 1.60. The van der Waals surface area contributed by atoms with Crippen LogP contribution in [-0.4, -0.2) is 29.6 Å². The number of likely N-dealkylation sites (tertiary alicyclic amines) is 1. The van der Waals surface area contributed by atoms with E-state index >= 15 is 0 Å². The Labute approximate surface area is 97.6 Å². The quantitative estimate of drug-likeness (QED) is 0.765. The fourth-order valence-corrected chi connectivity index (χ4v) is 3.36. The van der Waals surface area contributed by atoms with Crippen LogP contribution < -0.4 is 5.32 Å². The molecule has 0 aromatic rings. The van der Waals surface area contributed by atoms with Crippen LogP contribution in [0.25, 0.3) is 0 Å². The van der Waals surface area contributed by atoms with Crippen molar-refractivity contribution in [3.63, 3.8) is 0 Å². The molecule has 3 rings (SSSR count). The summed E-state index contributed by atoms with van der Waals surface area (Å²) in [5.41, 5.74) is 0. The largest absolute Gasteiger partial charge is 0.335 e. The first-order valence-electron chi connectivity index (χ1n) is 6.92. The van der Waals surface area contributed by atoms with Crippen molar-refractivity contribution in [1.29, 1.82) is 0 Å². The molecule has 0 aromatic heterocycles. The molecule has 2 aliphatic carbocycles. The van der Waals surface area contributed by atoms with Crippen molar-refractivity contribution in [3.05, 3.63) is 0 Å². The SMILES string of the molecule is O=C(NC1CC1)N1CCCC1C1CCCC1. The van der Waals surface area contributed by atoms with Crippen molar-refractivity contribution in [2.24, 2.45) is 5.92 Å². The van der Waals surface area contributed by atoms with Crippen molar-refractivity contribution in [2.45, 2.75) is 63.5 Å². The molecule has 0 aromatic carbocycles. The molecule has 1 heterocycles. The lowest BCUT2D eigenvalue weighted by Gasteiger charge is -2.29. The minimum Gasteiger partial charge on any atom is -0.335 e. The van der Waals surface area contributed by atoms with Gasteiger partial charge >= 0.3 is 6.03 Å². The molecule has 90 valence electrons. The van der Waals surface area contributed by atoms with Gasteiger partial charge in [-0.1, -0.05) is 12.8 Å². The summed E-state index contributed by atoms with van der Waals surface area (Å²) >= 11 is 0. The molecular weight excluding hydrogens is 200 g/mol. The van der Waals surface area contributed by atoms with Gasteiger partial charge in [-0.3, -0.25) is 0 Å². The first-order chi connectivity index (χ1) is 7.84. The van der Waals surface area contributed by atoms with E-state index < -0.39 is 0 Å². The van der Waals surface area contributed by atoms with Gasteiger partial charge in [0.1, 0.15) is 0 Å². The van der Waals surface area contributed by atoms with Crippen molar-refractivity contribution in [1.82, 2.24) is 10.2 Å². The number of carbonyl (C=O) groups excluding carboxylic acids is 1. The van der Waals surface area contributed by atoms with Gasteiger partial charge in [-0.15, -0.1) is 0 Å². The third-order valence-corrected chi connectivity index (χ3v) is 4.41. The van der Waals surface area contributed by atoms with E-state index in [1.165, 1.54) is 51.4 Å². The molecule has 0 bridgehead atoms. The Morgan fingerprint density at radius 3 is 2.44 bits per heavy atom. The van der Waals surface area contributed by atoms with E-state index in [1.807, 2.05) is 0 Å². The summed E-state index contributed by atoms with van der Waals surface area (Å²) in [6, 6.07) is 1.27. The highest BCUT2D eigenvalue weighted by Gasteiger charge is 2.37. The fraction of sp³-hybridized carbons (Fsp3) is 0.923. The van der Waals surface area contributed by atoms with Gasteiger partial charge in [0.15, 0.2) is 0 Å². The van der Waals surface area contributed by atoms with Crippen LogP contribution in [0.5, 0.6) is 0 Å². The highest BCUT2D eigenvalue weighted by Crippen LogP contribution is 2.35. The van der Waals surface area contributed by atoms with Crippen LogP contribution in [0, 0.1) is 5.92 Å². The number of urea groups is 1. The number of nitrogens with one attached hydrogen (secondary N) is 1. The fourth-order valence-electron chi connectivity index (χ4n) is 3.36. The zero-order valence-corrected chi connectivity index (χ0v) is 9.95. The zero-order chi connectivity index (χ0) is 11.0. The molecule has 3 fully saturated rings. The third kappa shape index (κ3) is 2.04. The molecule has 0 radical (unpaired) electrons. The Bertz CT molecular complexity index is 269. The molecule has 2 saturated carbocycles. The average Bonchev–Trinajstić information content (AvgIpc) is 2.84. The van der Waals surface area contributed by atoms with Gasteiger partial charge in [0.2, 0.25) is 0 Å². The summed E-state index contributed by atoms with van der Waals surface area (Å²) in [5.74, 6) is 0.799. The van der Waals surface area contributed by atoms with Gasteiger partial charge in [-0.05, 0) is 44.4 Å². The van der Waals surface area contributed by atoms with Gasteiger partial charge in [0.05, 0.1) is 0 Å². The maximum absolute atomic E-state index is 12.1. The van der Waals surface area contributed by atoms with E-state index in [0.717, 1.165) is 12.5 Å². The van der Waals surface area contributed by atoms with Gasteiger partial charge < -0.3 is 10.2 Å². The molecular formula is C13H22N2O. The van der Waals surface area contributed by atoms with Crippen LogP contribution in [0.3, 0.4) is 0 Å². The number of hydrogen-bond acceptors (Lipinski definition) is 1. The van der Waals surface area contributed by atoms with Gasteiger partial charge in [0, 0.05) is 18.6 Å². The summed E-state index contributed by atoms with van der Waals surface area (Å²) in [6.07, 6.45) is 10.3. The van der Waals surface area contributed by atoms with Crippen molar-refractivity contribution < 1.29 is 4.79 Å². The lowest BCUT2D eigenvalue weighted by atomic mass is 9.96. The molecule has 1 saturated heterocycles. The smallest absolute Gasteiger partial charge is 0.317 e. The Hall–Kier alpha value is -0.730. The van der Waals surface area contributed by atoms with E-state index in [9.17, 15) is 4.79 Å². The predicted molar refractivity (Wildman–Crippen MR) is 63.2 cm³/mol. The minimum absolute atomic E-state index is 0.219. The van der Waals surface area contributed by atoms with Crippen LogP contribution in [0.2, 0.25) is 0 Å². The second-order valence-electron chi connectivity index (χ2n) is 5.67. The molecule has 0 spiro atoms. The van der Waals surface area contributed by atoms with E-state index in [-0.39, 0.29) is 6.03 Å². The van der Waals surface area contributed by atoms with Gasteiger partial charge in [-0.2, -0.15) is 0 Å². The highest BCUT2D eigenvalue weighted by molar-refractivity contribution is 5.75. The second-order valence-corrected chi connectivity index (χ2v) is 5.67. The number of rotatable bonds is 2. The van der Waals surface area contributed by atoms with Crippen LogP contribution in [0.4, 0.5) is 4.79 Å². The van der Waals surface area contributed by atoms with Crippen molar-refractivity contribution in [2.75, 3.05) is 6.54 Å². The first kappa shape index (κ1) is 10.4. The van der Waals surface area contributed by atoms with Gasteiger partial charge in [0.25, 0.3) is 0 Å². The number of carbonyl (C=O) groups is 1. The molecule has 1 atom stereocenters. The topological polar surface area (TPSA) is 32.3 Å². The minimum atomic E-state index is 0.219. The number of hydrogen-bond donors (Lipinski definition) is 1. The molecule has 1 aliphatic heterocycles. The van der Waals surface area contributed by atoms with Gasteiger partial charge in [-0.25, -0.2) is 4.79 Å². The summed E-state index contributed by atoms with van der Waals surface area (Å²) in [7, 11) is 0. The number of amides is 2. The van der Waals surface area contributed by atoms with E-state index in [1.54, 1.807) is 0 Å². The van der Waals surface area contributed by atoms with E-state index in [0.29, 0.717) is 12.1 Å². The lowest BCUT2D eigenvalue weighted by Crippen LogP contribution is -2.45. The summed E-state index contributed by atoms with van der Waals surface area (Å²) in [6.45, 7) is 0.986. The Kier molecular flexibility index (Phi) is 2.78. The first-order valence-corrected chi connectivity index (χ1v) is 6.92. The highest BCUT2D eigenvalue weighted by atomic mass is 16.2. The summed E-state index contributed by atoms with van der Waals surface area (Å²) in [5, 5.41) is 3.14. The van der Waals surface area contributed by atoms with Crippen molar-refractivity contribution in [3.8, 4) is 0 Å². The second kappa shape index (κ2) is 4.27. The standard InChI is InChI=1S/C13H22N2O/c16-13(14-11-7-8-11)15-9-3-6-12(15)10-4-1-2-5-10/h10-12H,1-9H2,(H,14,16). The molecule has 1 N–H and O–H groups in total. The monoisotopic (exact) mass is 222 g/mol. The molecule has 1 unspecified atom stereocenters. The third-order valence-electron chi connectivity index (χ3n) is 4.41. The van der Waals surface area contributed by atoms with Crippen LogP contribution in [0.1, 0.15) is 51.4 Å². The van der Waals surface area contributed by atoms with E-state index in [4.69, 9.17) is 0 Å². The Morgan fingerprint density at radius 2 is 1.75 bits per heavy atom. The maximum atomic E-state index is 12.1. The molecule has 3 heteroatoms. The van der Waals surface area contributed by atoms with Crippen LogP contribution in [0.15, 0.2) is 0 Å². The lowest BCUT2D eigenvalue weighted by molar-refractivity contribution is 0.172. The Morgan fingerprint density at radius 1 is 1.00 bits per heavy atom. The summed E-state index contributed by atoms with van der Waals surface area (Å²) in [4.78, 5) is 14.2. The molecule has 2 amide bonds. The molecule has 16 heavy (non-hydrogen) atoms. The van der Waals surface area contributed by atoms with Crippen LogP contribution in [-0.2, 0) is 0 Å². The molecule has 3 aliphatic rings. The maximum Gasteiger partial charge on any atom is 0.317 e. The predicted octanol–water partition coefficient (Wildman–Crippen LogP) is 2.51. The normalized spacial score (nSPS) is 31.0. The molecule has 3 nitrogen and oxygen atoms in total. The van der Waals surface area contributed by atoms with E-state index in [2.05, 4.69) is 10.2 Å².